The molecule has 1 saturated carbocycles. The van der Waals surface area contributed by atoms with Gasteiger partial charge in [-0.3, -0.25) is 4.90 Å². The highest BCUT2D eigenvalue weighted by atomic mass is 15.2. The molecule has 0 N–H and O–H groups in total. The standard InChI is InChI=1S/C20H35N/c1-13(2)16-9-10-20(19(16)14(3)4)11-12-21(15(5)6)18-8-7-17(18)20/h13-15,17-18H,7-12H2,1-6H3/t17-,18+,20+/m0/s1. The molecule has 0 aromatic heterocycles. The van der Waals surface area contributed by atoms with E-state index in [0.717, 1.165) is 29.8 Å². The minimum atomic E-state index is 0.585. The summed E-state index contributed by atoms with van der Waals surface area (Å²) in [5.41, 5.74) is 4.31. The molecule has 21 heavy (non-hydrogen) atoms. The number of allylic oxidation sites excluding steroid dienone is 2. The third-order valence-corrected chi connectivity index (χ3v) is 6.85. The SMILES string of the molecule is CC(C)C1=C(C(C)C)[C@]2(CC1)CCN(C(C)C)[C@@H]1CC[C@@H]12. The van der Waals surface area contributed by atoms with Crippen molar-refractivity contribution < 1.29 is 0 Å². The number of nitrogens with zero attached hydrogens (tertiary/aromatic N) is 1. The van der Waals surface area contributed by atoms with Crippen molar-refractivity contribution in [1.82, 2.24) is 4.90 Å². The van der Waals surface area contributed by atoms with Gasteiger partial charge in [-0.1, -0.05) is 38.8 Å². The normalized spacial score (nSPS) is 37.0. The Hall–Kier alpha value is -0.300. The molecule has 1 aliphatic heterocycles. The molecule has 0 unspecified atom stereocenters. The van der Waals surface area contributed by atoms with E-state index in [2.05, 4.69) is 46.4 Å². The average molecular weight is 290 g/mol. The first-order valence-electron chi connectivity index (χ1n) is 9.37. The third-order valence-electron chi connectivity index (χ3n) is 6.85. The largest absolute Gasteiger partial charge is 0.298 e. The maximum absolute atomic E-state index is 2.81. The van der Waals surface area contributed by atoms with Crippen molar-refractivity contribution in [3.05, 3.63) is 11.1 Å². The fraction of sp³-hybridized carbons (Fsp3) is 0.900. The number of hydrogen-bond donors (Lipinski definition) is 0. The summed E-state index contributed by atoms with van der Waals surface area (Å²) in [6.45, 7) is 15.8. The molecule has 1 nitrogen and oxygen atoms in total. The Labute approximate surface area is 132 Å². The molecular weight excluding hydrogens is 254 g/mol. The second-order valence-electron chi connectivity index (χ2n) is 8.74. The van der Waals surface area contributed by atoms with Gasteiger partial charge in [-0.25, -0.2) is 0 Å². The Bertz CT molecular complexity index is 431. The molecule has 1 spiro atoms. The molecule has 0 radical (unpaired) electrons. The van der Waals surface area contributed by atoms with Gasteiger partial charge in [0.1, 0.15) is 0 Å². The van der Waals surface area contributed by atoms with Crippen molar-refractivity contribution in [2.45, 2.75) is 85.7 Å². The molecule has 0 amide bonds. The number of likely N-dealkylation sites (tertiary alicyclic amines) is 1. The highest BCUT2D eigenvalue weighted by Crippen LogP contribution is 2.62. The van der Waals surface area contributed by atoms with Crippen LogP contribution in [0.4, 0.5) is 0 Å². The van der Waals surface area contributed by atoms with E-state index in [4.69, 9.17) is 0 Å². The van der Waals surface area contributed by atoms with E-state index >= 15 is 0 Å². The second kappa shape index (κ2) is 5.41. The van der Waals surface area contributed by atoms with Crippen LogP contribution in [-0.4, -0.2) is 23.5 Å². The number of hydrogen-bond acceptors (Lipinski definition) is 1. The summed E-state index contributed by atoms with van der Waals surface area (Å²) in [5.74, 6) is 2.46. The van der Waals surface area contributed by atoms with Crippen LogP contribution in [0.25, 0.3) is 0 Å². The molecule has 0 aromatic rings. The Morgan fingerprint density at radius 2 is 1.67 bits per heavy atom. The minimum Gasteiger partial charge on any atom is -0.298 e. The van der Waals surface area contributed by atoms with Crippen LogP contribution in [0.3, 0.4) is 0 Å². The first-order chi connectivity index (χ1) is 9.88. The average Bonchev–Trinajstić information content (AvgIpc) is 2.71. The topological polar surface area (TPSA) is 3.24 Å². The lowest BCUT2D eigenvalue weighted by Crippen LogP contribution is -2.61. The van der Waals surface area contributed by atoms with Crippen molar-refractivity contribution in [2.24, 2.45) is 23.2 Å². The molecule has 0 bridgehead atoms. The fourth-order valence-electron chi connectivity index (χ4n) is 5.98. The van der Waals surface area contributed by atoms with Gasteiger partial charge in [-0.2, -0.15) is 0 Å². The van der Waals surface area contributed by atoms with Gasteiger partial charge < -0.3 is 0 Å². The monoisotopic (exact) mass is 289 g/mol. The predicted octanol–water partition coefficient (Wildman–Crippen LogP) is 5.27. The summed E-state index contributed by atoms with van der Waals surface area (Å²) in [5, 5.41) is 0. The molecule has 3 aliphatic rings. The smallest absolute Gasteiger partial charge is 0.0135 e. The van der Waals surface area contributed by atoms with E-state index in [1.54, 1.807) is 0 Å². The van der Waals surface area contributed by atoms with Crippen LogP contribution in [0.15, 0.2) is 11.1 Å². The summed E-state index contributed by atoms with van der Waals surface area (Å²) in [4.78, 5) is 2.81. The lowest BCUT2D eigenvalue weighted by Gasteiger charge is -2.60. The highest BCUT2D eigenvalue weighted by molar-refractivity contribution is 5.34. The highest BCUT2D eigenvalue weighted by Gasteiger charge is 2.57. The van der Waals surface area contributed by atoms with Crippen molar-refractivity contribution in [1.29, 1.82) is 0 Å². The predicted molar refractivity (Wildman–Crippen MR) is 91.3 cm³/mol. The molecule has 120 valence electrons. The maximum Gasteiger partial charge on any atom is 0.0135 e. The Kier molecular flexibility index (Phi) is 4.01. The van der Waals surface area contributed by atoms with Gasteiger partial charge >= 0.3 is 0 Å². The van der Waals surface area contributed by atoms with E-state index < -0.39 is 0 Å². The van der Waals surface area contributed by atoms with E-state index in [0.29, 0.717) is 5.41 Å². The van der Waals surface area contributed by atoms with E-state index in [1.807, 2.05) is 11.1 Å². The molecule has 1 heteroatoms. The van der Waals surface area contributed by atoms with Crippen LogP contribution in [0, 0.1) is 23.2 Å². The van der Waals surface area contributed by atoms with E-state index in [-0.39, 0.29) is 0 Å². The summed E-state index contributed by atoms with van der Waals surface area (Å²) < 4.78 is 0. The maximum atomic E-state index is 2.81. The first kappa shape index (κ1) is 15.6. The molecule has 2 fully saturated rings. The fourth-order valence-corrected chi connectivity index (χ4v) is 5.98. The quantitative estimate of drug-likeness (QED) is 0.640. The van der Waals surface area contributed by atoms with E-state index in [1.165, 1.54) is 38.6 Å². The van der Waals surface area contributed by atoms with Crippen LogP contribution in [0.2, 0.25) is 0 Å². The number of fused-ring (bicyclic) bond motifs is 2. The van der Waals surface area contributed by atoms with Crippen molar-refractivity contribution in [3.8, 4) is 0 Å². The van der Waals surface area contributed by atoms with Gasteiger partial charge in [0.25, 0.3) is 0 Å². The Morgan fingerprint density at radius 3 is 2.14 bits per heavy atom. The zero-order valence-electron chi connectivity index (χ0n) is 15.1. The molecule has 0 aromatic carbocycles. The molecule has 1 heterocycles. The lowest BCUT2D eigenvalue weighted by atomic mass is 9.54. The van der Waals surface area contributed by atoms with E-state index in [9.17, 15) is 0 Å². The summed E-state index contributed by atoms with van der Waals surface area (Å²) >= 11 is 0. The zero-order chi connectivity index (χ0) is 15.4. The van der Waals surface area contributed by atoms with Gasteiger partial charge in [-0.05, 0) is 75.7 Å². The molecule has 3 rings (SSSR count). The second-order valence-corrected chi connectivity index (χ2v) is 8.74. The Balaban J connectivity index is 1.95. The lowest BCUT2D eigenvalue weighted by molar-refractivity contribution is -0.0767. The number of rotatable bonds is 3. The zero-order valence-corrected chi connectivity index (χ0v) is 15.1. The molecule has 1 saturated heterocycles. The van der Waals surface area contributed by atoms with Gasteiger partial charge in [0.2, 0.25) is 0 Å². The molecule has 3 atom stereocenters. The molecular formula is C20H35N. The van der Waals surface area contributed by atoms with Crippen LogP contribution in [0.5, 0.6) is 0 Å². The number of piperidine rings is 1. The minimum absolute atomic E-state index is 0.585. The van der Waals surface area contributed by atoms with Gasteiger partial charge in [0, 0.05) is 12.1 Å². The summed E-state index contributed by atoms with van der Waals surface area (Å²) in [6, 6.07) is 1.62. The third kappa shape index (κ3) is 2.22. The summed E-state index contributed by atoms with van der Waals surface area (Å²) in [7, 11) is 0. The van der Waals surface area contributed by atoms with Gasteiger partial charge in [0.15, 0.2) is 0 Å². The van der Waals surface area contributed by atoms with Crippen LogP contribution in [0.1, 0.15) is 73.6 Å². The van der Waals surface area contributed by atoms with Crippen molar-refractivity contribution in [2.75, 3.05) is 6.54 Å². The molecule has 2 aliphatic carbocycles. The van der Waals surface area contributed by atoms with Gasteiger partial charge in [0.05, 0.1) is 0 Å². The van der Waals surface area contributed by atoms with Crippen molar-refractivity contribution in [3.63, 3.8) is 0 Å². The first-order valence-corrected chi connectivity index (χ1v) is 9.37. The Morgan fingerprint density at radius 1 is 0.952 bits per heavy atom. The van der Waals surface area contributed by atoms with Crippen LogP contribution >= 0.6 is 0 Å². The van der Waals surface area contributed by atoms with Crippen LogP contribution < -0.4 is 0 Å². The van der Waals surface area contributed by atoms with Gasteiger partial charge in [-0.15, -0.1) is 0 Å². The van der Waals surface area contributed by atoms with Crippen LogP contribution in [-0.2, 0) is 0 Å². The summed E-state index contributed by atoms with van der Waals surface area (Å²) in [6.07, 6.45) is 7.20. The van der Waals surface area contributed by atoms with Crippen molar-refractivity contribution >= 4 is 0 Å².